The minimum absolute atomic E-state index is 0.0762. The van der Waals surface area contributed by atoms with Gasteiger partial charge in [0.1, 0.15) is 17.0 Å². The molecule has 1 N–H and O–H groups in total. The summed E-state index contributed by atoms with van der Waals surface area (Å²) in [6.07, 6.45) is 5.91. The van der Waals surface area contributed by atoms with Crippen molar-refractivity contribution in [3.63, 3.8) is 0 Å². The number of carbonyl (C=O) groups is 2. The lowest BCUT2D eigenvalue weighted by Crippen LogP contribution is -2.65. The molecule has 2 amide bonds. The monoisotopic (exact) mass is 445 g/mol. The summed E-state index contributed by atoms with van der Waals surface area (Å²) in [4.78, 5) is 29.3. The molecule has 1 aliphatic carbocycles. The zero-order chi connectivity index (χ0) is 23.0. The molecule has 2 atom stereocenters. The number of hydrogen-bond donors (Lipinski definition) is 1. The Hall–Kier alpha value is -3.28. The van der Waals surface area contributed by atoms with E-state index in [-0.39, 0.29) is 23.8 Å². The number of nitrogens with zero attached hydrogens (tertiary/aromatic N) is 2. The molecule has 0 saturated heterocycles. The van der Waals surface area contributed by atoms with Crippen LogP contribution in [0.2, 0.25) is 0 Å². The number of rotatable bonds is 6. The van der Waals surface area contributed by atoms with Gasteiger partial charge in [-0.15, -0.1) is 0 Å². The van der Waals surface area contributed by atoms with Crippen LogP contribution in [-0.4, -0.2) is 39.4 Å². The topological polar surface area (TPSA) is 67.5 Å². The van der Waals surface area contributed by atoms with Gasteiger partial charge in [0.2, 0.25) is 5.91 Å². The van der Waals surface area contributed by atoms with E-state index in [0.29, 0.717) is 24.5 Å². The molecule has 1 aromatic carbocycles. The number of furan rings is 1. The summed E-state index contributed by atoms with van der Waals surface area (Å²) in [5, 5.41) is 3.26. The van der Waals surface area contributed by atoms with Gasteiger partial charge in [0.05, 0.1) is 18.5 Å². The smallest absolute Gasteiger partial charge is 0.271 e. The minimum atomic E-state index is -1.00. The molecule has 0 bridgehead atoms. The van der Waals surface area contributed by atoms with Crippen LogP contribution in [0, 0.1) is 0 Å². The molecule has 1 aliphatic heterocycles. The second-order valence-corrected chi connectivity index (χ2v) is 9.62. The van der Waals surface area contributed by atoms with Crippen molar-refractivity contribution in [2.45, 2.75) is 63.6 Å². The van der Waals surface area contributed by atoms with Gasteiger partial charge >= 0.3 is 0 Å². The summed E-state index contributed by atoms with van der Waals surface area (Å²) >= 11 is 0. The molecule has 172 valence electrons. The van der Waals surface area contributed by atoms with Gasteiger partial charge in [-0.05, 0) is 55.5 Å². The SMILES string of the molecule is C[C@@H](CN1C(=O)c2ccc(-c3ccco3)n2C[C@]1(C)C(=O)NC1CCCC1)c1ccccc1. The summed E-state index contributed by atoms with van der Waals surface area (Å²) in [5.41, 5.74) is 1.56. The highest BCUT2D eigenvalue weighted by molar-refractivity contribution is 6.00. The molecule has 2 aliphatic rings. The summed E-state index contributed by atoms with van der Waals surface area (Å²) in [5.74, 6) is 0.595. The first kappa shape index (κ1) is 21.6. The van der Waals surface area contributed by atoms with E-state index in [1.54, 1.807) is 11.2 Å². The first-order valence-electron chi connectivity index (χ1n) is 11.9. The predicted octanol–water partition coefficient (Wildman–Crippen LogP) is 4.83. The average molecular weight is 446 g/mol. The summed E-state index contributed by atoms with van der Waals surface area (Å²) in [6.45, 7) is 4.87. The molecule has 2 aromatic heterocycles. The van der Waals surface area contributed by atoms with Gasteiger partial charge in [-0.25, -0.2) is 0 Å². The van der Waals surface area contributed by atoms with E-state index in [1.165, 1.54) is 0 Å². The van der Waals surface area contributed by atoms with Crippen LogP contribution in [-0.2, 0) is 11.3 Å². The van der Waals surface area contributed by atoms with Crippen LogP contribution in [0.4, 0.5) is 0 Å². The second-order valence-electron chi connectivity index (χ2n) is 9.62. The van der Waals surface area contributed by atoms with Gasteiger partial charge in [-0.1, -0.05) is 50.1 Å². The van der Waals surface area contributed by atoms with Crippen molar-refractivity contribution in [1.82, 2.24) is 14.8 Å². The van der Waals surface area contributed by atoms with Crippen molar-refractivity contribution in [3.05, 3.63) is 72.1 Å². The molecule has 5 rings (SSSR count). The number of fused-ring (bicyclic) bond motifs is 1. The molecule has 3 heterocycles. The van der Waals surface area contributed by atoms with Gasteiger partial charge in [0.15, 0.2) is 0 Å². The lowest BCUT2D eigenvalue weighted by Gasteiger charge is -2.45. The van der Waals surface area contributed by atoms with Crippen LogP contribution in [0.25, 0.3) is 11.5 Å². The average Bonchev–Trinajstić information content (AvgIpc) is 3.59. The minimum Gasteiger partial charge on any atom is -0.463 e. The molecule has 6 heteroatoms. The van der Waals surface area contributed by atoms with Crippen LogP contribution in [0.5, 0.6) is 0 Å². The second kappa shape index (κ2) is 8.58. The number of aromatic nitrogens is 1. The fourth-order valence-corrected chi connectivity index (χ4v) is 5.27. The summed E-state index contributed by atoms with van der Waals surface area (Å²) in [6, 6.07) is 17.8. The maximum Gasteiger partial charge on any atom is 0.271 e. The van der Waals surface area contributed by atoms with Gasteiger partial charge in [0, 0.05) is 12.6 Å². The van der Waals surface area contributed by atoms with E-state index in [0.717, 1.165) is 36.9 Å². The lowest BCUT2D eigenvalue weighted by molar-refractivity contribution is -0.133. The molecular formula is C27H31N3O3. The molecule has 0 spiro atoms. The lowest BCUT2D eigenvalue weighted by atomic mass is 9.91. The maximum absolute atomic E-state index is 13.8. The third kappa shape index (κ3) is 3.88. The van der Waals surface area contributed by atoms with Gasteiger partial charge in [-0.3, -0.25) is 9.59 Å². The normalized spacial score (nSPS) is 21.8. The highest BCUT2D eigenvalue weighted by atomic mass is 16.3. The fraction of sp³-hybridized carbons (Fsp3) is 0.407. The van der Waals surface area contributed by atoms with Gasteiger partial charge in [0.25, 0.3) is 5.91 Å². The van der Waals surface area contributed by atoms with E-state index in [2.05, 4.69) is 24.4 Å². The Kier molecular flexibility index (Phi) is 5.60. The number of nitrogens with one attached hydrogen (secondary N) is 1. The van der Waals surface area contributed by atoms with Gasteiger partial charge in [-0.2, -0.15) is 0 Å². The van der Waals surface area contributed by atoms with E-state index >= 15 is 0 Å². The standard InChI is InChI=1S/C27H31N3O3/c1-19(20-9-4-3-5-10-20)17-30-25(31)23-15-14-22(24-13-8-16-33-24)29(23)18-27(30,2)26(32)28-21-11-6-7-12-21/h3-5,8-10,13-16,19,21H,6-7,11-12,17-18H2,1-2H3,(H,28,32)/t19-,27+/m0/s1. The van der Waals surface area contributed by atoms with Crippen LogP contribution < -0.4 is 5.32 Å². The highest BCUT2D eigenvalue weighted by Gasteiger charge is 2.48. The molecule has 3 aromatic rings. The fourth-order valence-electron chi connectivity index (χ4n) is 5.27. The van der Waals surface area contributed by atoms with Gasteiger partial charge < -0.3 is 19.2 Å². The number of hydrogen-bond acceptors (Lipinski definition) is 3. The molecule has 6 nitrogen and oxygen atoms in total. The van der Waals surface area contributed by atoms with Crippen molar-refractivity contribution in [1.29, 1.82) is 0 Å². The summed E-state index contributed by atoms with van der Waals surface area (Å²) in [7, 11) is 0. The Morgan fingerprint density at radius 2 is 1.82 bits per heavy atom. The van der Waals surface area contributed by atoms with Crippen LogP contribution in [0.3, 0.4) is 0 Å². The van der Waals surface area contributed by atoms with E-state index in [1.807, 2.05) is 54.0 Å². The highest BCUT2D eigenvalue weighted by Crippen LogP contribution is 2.35. The van der Waals surface area contributed by atoms with Crippen molar-refractivity contribution in [2.24, 2.45) is 0 Å². The Bertz CT molecular complexity index is 1130. The largest absolute Gasteiger partial charge is 0.463 e. The Balaban J connectivity index is 1.52. The molecule has 0 radical (unpaired) electrons. The third-order valence-corrected chi connectivity index (χ3v) is 7.28. The quantitative estimate of drug-likeness (QED) is 0.591. The number of amides is 2. The van der Waals surface area contributed by atoms with Crippen molar-refractivity contribution in [2.75, 3.05) is 6.54 Å². The van der Waals surface area contributed by atoms with Crippen molar-refractivity contribution in [3.8, 4) is 11.5 Å². The Labute approximate surface area is 194 Å². The Morgan fingerprint density at radius 1 is 1.09 bits per heavy atom. The number of benzene rings is 1. The number of carbonyl (C=O) groups excluding carboxylic acids is 2. The van der Waals surface area contributed by atoms with Crippen molar-refractivity contribution < 1.29 is 14.0 Å². The molecule has 33 heavy (non-hydrogen) atoms. The van der Waals surface area contributed by atoms with E-state index in [9.17, 15) is 9.59 Å². The van der Waals surface area contributed by atoms with Crippen LogP contribution in [0.15, 0.2) is 65.3 Å². The first-order valence-corrected chi connectivity index (χ1v) is 11.9. The van der Waals surface area contributed by atoms with Crippen LogP contribution >= 0.6 is 0 Å². The van der Waals surface area contributed by atoms with Crippen LogP contribution in [0.1, 0.15) is 61.5 Å². The predicted molar refractivity (Wildman–Crippen MR) is 127 cm³/mol. The van der Waals surface area contributed by atoms with Crippen molar-refractivity contribution >= 4 is 11.8 Å². The zero-order valence-corrected chi connectivity index (χ0v) is 19.3. The van der Waals surface area contributed by atoms with E-state index in [4.69, 9.17) is 4.42 Å². The molecule has 1 fully saturated rings. The first-order chi connectivity index (χ1) is 16.0. The molecular weight excluding hydrogens is 414 g/mol. The Morgan fingerprint density at radius 3 is 2.52 bits per heavy atom. The maximum atomic E-state index is 13.8. The zero-order valence-electron chi connectivity index (χ0n) is 19.3. The third-order valence-electron chi connectivity index (χ3n) is 7.28. The van der Waals surface area contributed by atoms with E-state index < -0.39 is 5.54 Å². The molecule has 0 unspecified atom stereocenters. The summed E-state index contributed by atoms with van der Waals surface area (Å²) < 4.78 is 7.56. The molecule has 1 saturated carbocycles.